The van der Waals surface area contributed by atoms with Gasteiger partial charge in [-0.05, 0) is 62.2 Å². The van der Waals surface area contributed by atoms with Crippen LogP contribution in [0.15, 0.2) is 66.9 Å². The maximum atomic E-state index is 14.3. The Kier molecular flexibility index (Phi) is 6.00. The van der Waals surface area contributed by atoms with Crippen LogP contribution in [0.2, 0.25) is 5.02 Å². The maximum absolute atomic E-state index is 14.3. The van der Waals surface area contributed by atoms with Crippen LogP contribution in [0.4, 0.5) is 15.8 Å². The summed E-state index contributed by atoms with van der Waals surface area (Å²) in [5.74, 6) is -0.0365. The van der Waals surface area contributed by atoms with Crippen LogP contribution in [0.3, 0.4) is 0 Å². The molecule has 2 nitrogen and oxygen atoms in total. The van der Waals surface area contributed by atoms with Crippen LogP contribution in [0, 0.1) is 25.6 Å². The Morgan fingerprint density at radius 2 is 1.72 bits per heavy atom. The summed E-state index contributed by atoms with van der Waals surface area (Å²) < 4.78 is 14.3. The normalized spacial score (nSPS) is 21.8. The van der Waals surface area contributed by atoms with Crippen LogP contribution in [0.25, 0.3) is 11.1 Å². The largest absolute Gasteiger partial charge is 0.386 e. The summed E-state index contributed by atoms with van der Waals surface area (Å²) in [4.78, 5) is -0.397. The highest BCUT2D eigenvalue weighted by atomic mass is 35.5. The Morgan fingerprint density at radius 3 is 2.34 bits per heavy atom. The molecule has 2 N–H and O–H groups in total. The second-order valence-electron chi connectivity index (χ2n) is 8.82. The van der Waals surface area contributed by atoms with Crippen molar-refractivity contribution in [3.8, 4) is 11.1 Å². The lowest BCUT2D eigenvalue weighted by Gasteiger charge is -2.14. The van der Waals surface area contributed by atoms with Crippen molar-refractivity contribution in [2.45, 2.75) is 31.6 Å². The summed E-state index contributed by atoms with van der Waals surface area (Å²) >= 11 is 13.3. The number of allylic oxidation sites excluding steroid dienone is 1. The zero-order valence-electron chi connectivity index (χ0n) is 18.7. The molecule has 1 fully saturated rings. The monoisotopic (exact) mass is 468 g/mol. The van der Waals surface area contributed by atoms with Gasteiger partial charge in [0.2, 0.25) is 0 Å². The van der Waals surface area contributed by atoms with Crippen molar-refractivity contribution >= 4 is 34.6 Å². The first-order chi connectivity index (χ1) is 15.1. The predicted molar refractivity (Wildman–Crippen MR) is 136 cm³/mol. The standard InChI is InChI=1S/C27H27Cl2FN2/c1-15-10-16(2)12-19(11-15)26-25(27(26,4)29)17(3)32-20-7-8-22(28)21(14-20)18-6-9-24(31-5)23(30)13-18/h6-14,25-26,31-32H,3H2,1-2,4-5H3. The fraction of sp³-hybridized carbons (Fsp3) is 0.259. The van der Waals surface area contributed by atoms with E-state index in [0.717, 1.165) is 16.9 Å². The van der Waals surface area contributed by atoms with Crippen molar-refractivity contribution < 1.29 is 4.39 Å². The minimum absolute atomic E-state index is 0.0943. The SMILES string of the molecule is C=C(Nc1ccc(Cl)c(-c2ccc(NC)c(F)c2)c1)C1C(c2cc(C)cc(C)c2)C1(C)Cl. The Bertz CT molecular complexity index is 1180. The average molecular weight is 469 g/mol. The van der Waals surface area contributed by atoms with E-state index in [-0.39, 0.29) is 17.7 Å². The van der Waals surface area contributed by atoms with Gasteiger partial charge in [0.05, 0.1) is 10.6 Å². The van der Waals surface area contributed by atoms with Crippen molar-refractivity contribution in [1.82, 2.24) is 0 Å². The lowest BCUT2D eigenvalue weighted by molar-refractivity contribution is 0.632. The van der Waals surface area contributed by atoms with Gasteiger partial charge in [0.25, 0.3) is 0 Å². The average Bonchev–Trinajstić information content (AvgIpc) is 3.31. The lowest BCUT2D eigenvalue weighted by Crippen LogP contribution is -2.05. The summed E-state index contributed by atoms with van der Waals surface area (Å²) in [7, 11) is 1.69. The van der Waals surface area contributed by atoms with Gasteiger partial charge in [-0.2, -0.15) is 0 Å². The van der Waals surface area contributed by atoms with E-state index in [2.05, 4.69) is 56.2 Å². The van der Waals surface area contributed by atoms with E-state index >= 15 is 0 Å². The molecule has 4 rings (SSSR count). The molecule has 3 unspecified atom stereocenters. The van der Waals surface area contributed by atoms with Crippen LogP contribution in [0.5, 0.6) is 0 Å². The molecule has 0 saturated heterocycles. The smallest absolute Gasteiger partial charge is 0.146 e. The number of hydrogen-bond acceptors (Lipinski definition) is 2. The van der Waals surface area contributed by atoms with Crippen LogP contribution in [0.1, 0.15) is 29.5 Å². The Labute approximate surface area is 199 Å². The Morgan fingerprint density at radius 1 is 1.03 bits per heavy atom. The van der Waals surface area contributed by atoms with Gasteiger partial charge in [-0.25, -0.2) is 4.39 Å². The summed E-state index contributed by atoms with van der Waals surface area (Å²) in [5, 5.41) is 6.81. The molecule has 32 heavy (non-hydrogen) atoms. The second kappa shape index (κ2) is 8.46. The highest BCUT2D eigenvalue weighted by Crippen LogP contribution is 2.64. The molecule has 3 aromatic rings. The van der Waals surface area contributed by atoms with Gasteiger partial charge in [0.15, 0.2) is 0 Å². The van der Waals surface area contributed by atoms with E-state index in [1.165, 1.54) is 22.8 Å². The third-order valence-corrected chi connectivity index (χ3v) is 7.04. The van der Waals surface area contributed by atoms with E-state index in [9.17, 15) is 4.39 Å². The first-order valence-electron chi connectivity index (χ1n) is 10.6. The molecule has 0 radical (unpaired) electrons. The zero-order valence-corrected chi connectivity index (χ0v) is 20.2. The van der Waals surface area contributed by atoms with Gasteiger partial charge in [0.1, 0.15) is 5.82 Å². The highest BCUT2D eigenvalue weighted by Gasteiger charge is 2.62. The fourth-order valence-electron chi connectivity index (χ4n) is 4.70. The van der Waals surface area contributed by atoms with Crippen LogP contribution < -0.4 is 10.6 Å². The Balaban J connectivity index is 1.58. The minimum Gasteiger partial charge on any atom is -0.386 e. The topological polar surface area (TPSA) is 24.1 Å². The van der Waals surface area contributed by atoms with Crippen molar-refractivity contribution in [2.24, 2.45) is 5.92 Å². The Hall–Kier alpha value is -2.49. The number of halogens is 3. The van der Waals surface area contributed by atoms with E-state index < -0.39 is 4.87 Å². The molecule has 1 aliphatic carbocycles. The molecule has 3 atom stereocenters. The van der Waals surface area contributed by atoms with E-state index in [0.29, 0.717) is 16.3 Å². The molecule has 166 valence electrons. The van der Waals surface area contributed by atoms with Gasteiger partial charge in [0, 0.05) is 40.9 Å². The third kappa shape index (κ3) is 4.24. The van der Waals surface area contributed by atoms with Crippen molar-refractivity contribution in [1.29, 1.82) is 0 Å². The number of benzene rings is 3. The van der Waals surface area contributed by atoms with Crippen LogP contribution >= 0.6 is 23.2 Å². The maximum Gasteiger partial charge on any atom is 0.146 e. The number of aryl methyl sites for hydroxylation is 2. The van der Waals surface area contributed by atoms with Gasteiger partial charge >= 0.3 is 0 Å². The predicted octanol–water partition coefficient (Wildman–Crippen LogP) is 8.14. The van der Waals surface area contributed by atoms with Gasteiger partial charge in [-0.3, -0.25) is 0 Å². The first-order valence-corrected chi connectivity index (χ1v) is 11.4. The van der Waals surface area contributed by atoms with Crippen LogP contribution in [-0.4, -0.2) is 11.9 Å². The molecular weight excluding hydrogens is 442 g/mol. The molecule has 0 bridgehead atoms. The number of rotatable bonds is 6. The van der Waals surface area contributed by atoms with E-state index in [4.69, 9.17) is 23.2 Å². The summed E-state index contributed by atoms with van der Waals surface area (Å²) in [6.45, 7) is 10.6. The van der Waals surface area contributed by atoms with Crippen molar-refractivity contribution in [3.63, 3.8) is 0 Å². The molecule has 3 aromatic carbocycles. The number of nitrogens with one attached hydrogen (secondary N) is 2. The molecule has 1 saturated carbocycles. The molecule has 0 heterocycles. The quantitative estimate of drug-likeness (QED) is 0.356. The molecule has 1 aliphatic rings. The molecule has 0 amide bonds. The van der Waals surface area contributed by atoms with Gasteiger partial charge < -0.3 is 10.6 Å². The molecular formula is C27H27Cl2FN2. The number of anilines is 2. The summed E-state index contributed by atoms with van der Waals surface area (Å²) in [6, 6.07) is 17.2. The van der Waals surface area contributed by atoms with E-state index in [1.807, 2.05) is 24.3 Å². The fourth-order valence-corrected chi connectivity index (χ4v) is 5.38. The third-order valence-electron chi connectivity index (χ3n) is 6.24. The summed E-state index contributed by atoms with van der Waals surface area (Å²) in [6.07, 6.45) is 0. The molecule has 0 aromatic heterocycles. The second-order valence-corrected chi connectivity index (χ2v) is 10.0. The van der Waals surface area contributed by atoms with Gasteiger partial charge in [-0.1, -0.05) is 53.6 Å². The van der Waals surface area contributed by atoms with Crippen molar-refractivity contribution in [2.75, 3.05) is 17.7 Å². The lowest BCUT2D eigenvalue weighted by atomic mass is 10.0. The van der Waals surface area contributed by atoms with Crippen molar-refractivity contribution in [3.05, 3.63) is 94.4 Å². The molecule has 5 heteroatoms. The van der Waals surface area contributed by atoms with E-state index in [1.54, 1.807) is 13.1 Å². The van der Waals surface area contributed by atoms with Gasteiger partial charge in [-0.15, -0.1) is 11.6 Å². The minimum atomic E-state index is -0.397. The highest BCUT2D eigenvalue weighted by molar-refractivity contribution is 6.33. The first kappa shape index (κ1) is 22.7. The van der Waals surface area contributed by atoms with Crippen LogP contribution in [-0.2, 0) is 0 Å². The number of alkyl halides is 1. The number of hydrogen-bond donors (Lipinski definition) is 2. The molecule has 0 aliphatic heterocycles. The molecule has 0 spiro atoms. The zero-order chi connectivity index (χ0) is 23.2. The summed E-state index contributed by atoms with van der Waals surface area (Å²) in [5.41, 5.74) is 7.31.